The molecule has 0 bridgehead atoms. The van der Waals surface area contributed by atoms with Crippen LogP contribution >= 0.6 is 28.3 Å². The maximum Gasteiger partial charge on any atom is 0.339 e. The van der Waals surface area contributed by atoms with Crippen molar-refractivity contribution in [2.45, 2.75) is 25.8 Å². The molecule has 0 aliphatic carbocycles. The Kier molecular flexibility index (Phi) is 7.98. The third kappa shape index (κ3) is 5.71. The average Bonchev–Trinajstić information content (AvgIpc) is 2.23. The molecule has 3 N–H and O–H groups in total. The van der Waals surface area contributed by atoms with E-state index in [1.807, 2.05) is 6.92 Å². The summed E-state index contributed by atoms with van der Waals surface area (Å²) in [6.45, 7) is 2.40. The summed E-state index contributed by atoms with van der Waals surface area (Å²) >= 11 is 3.28. The Labute approximate surface area is 121 Å². The van der Waals surface area contributed by atoms with Gasteiger partial charge >= 0.3 is 5.97 Å². The lowest BCUT2D eigenvalue weighted by atomic mass is 10.2. The number of rotatable bonds is 6. The quantitative estimate of drug-likeness (QED) is 0.782. The standard InChI is InChI=1S/C12H16BrNO3.ClH/c1-8(14)3-2-6-17-11-7-9(13)4-5-10(11)12(15)16;/h4-5,7-8H,2-3,6,14H2,1H3,(H,15,16);1H. The van der Waals surface area contributed by atoms with Gasteiger partial charge in [0.25, 0.3) is 0 Å². The molecule has 0 spiro atoms. The number of aromatic carboxylic acids is 1. The van der Waals surface area contributed by atoms with E-state index in [4.69, 9.17) is 15.6 Å². The number of carboxylic acids is 1. The molecule has 0 aromatic heterocycles. The molecule has 0 aliphatic heterocycles. The second-order valence-electron chi connectivity index (χ2n) is 3.91. The fourth-order valence-electron chi connectivity index (χ4n) is 1.38. The summed E-state index contributed by atoms with van der Waals surface area (Å²) in [5.74, 6) is -0.601. The largest absolute Gasteiger partial charge is 0.493 e. The van der Waals surface area contributed by atoms with Crippen LogP contribution in [0.4, 0.5) is 0 Å². The van der Waals surface area contributed by atoms with E-state index in [0.717, 1.165) is 17.3 Å². The van der Waals surface area contributed by atoms with Crippen LogP contribution in [-0.4, -0.2) is 23.7 Å². The SMILES string of the molecule is CC(N)CCCOc1cc(Br)ccc1C(=O)O.Cl. The number of ether oxygens (including phenoxy) is 1. The summed E-state index contributed by atoms with van der Waals surface area (Å²) in [7, 11) is 0. The first-order valence-corrected chi connectivity index (χ1v) is 6.21. The highest BCUT2D eigenvalue weighted by Crippen LogP contribution is 2.24. The van der Waals surface area contributed by atoms with Gasteiger partial charge in [0.15, 0.2) is 0 Å². The lowest BCUT2D eigenvalue weighted by Gasteiger charge is -2.10. The summed E-state index contributed by atoms with van der Waals surface area (Å²) in [5, 5.41) is 8.99. The molecule has 4 nitrogen and oxygen atoms in total. The van der Waals surface area contributed by atoms with E-state index >= 15 is 0 Å². The molecule has 0 saturated heterocycles. The van der Waals surface area contributed by atoms with E-state index in [1.54, 1.807) is 12.1 Å². The topological polar surface area (TPSA) is 72.5 Å². The van der Waals surface area contributed by atoms with Gasteiger partial charge < -0.3 is 15.6 Å². The third-order valence-electron chi connectivity index (χ3n) is 2.24. The molecule has 1 unspecified atom stereocenters. The van der Waals surface area contributed by atoms with Crippen molar-refractivity contribution in [1.29, 1.82) is 0 Å². The van der Waals surface area contributed by atoms with Gasteiger partial charge in [0.05, 0.1) is 6.61 Å². The fourth-order valence-corrected chi connectivity index (χ4v) is 1.72. The normalized spacial score (nSPS) is 11.5. The van der Waals surface area contributed by atoms with Crippen LogP contribution in [0.25, 0.3) is 0 Å². The van der Waals surface area contributed by atoms with Crippen molar-refractivity contribution in [2.75, 3.05) is 6.61 Å². The van der Waals surface area contributed by atoms with Gasteiger partial charge in [0.1, 0.15) is 11.3 Å². The van der Waals surface area contributed by atoms with Crippen LogP contribution in [0.15, 0.2) is 22.7 Å². The van der Waals surface area contributed by atoms with Gasteiger partial charge in [-0.2, -0.15) is 0 Å². The van der Waals surface area contributed by atoms with Crippen molar-refractivity contribution >= 4 is 34.3 Å². The maximum atomic E-state index is 11.0. The first-order valence-electron chi connectivity index (χ1n) is 5.42. The van der Waals surface area contributed by atoms with E-state index in [0.29, 0.717) is 12.4 Å². The number of carbonyl (C=O) groups is 1. The van der Waals surface area contributed by atoms with Crippen molar-refractivity contribution < 1.29 is 14.6 Å². The minimum Gasteiger partial charge on any atom is -0.493 e. The highest BCUT2D eigenvalue weighted by Gasteiger charge is 2.11. The Hall–Kier alpha value is -0.780. The van der Waals surface area contributed by atoms with Gasteiger partial charge in [0.2, 0.25) is 0 Å². The zero-order chi connectivity index (χ0) is 12.8. The first kappa shape index (κ1) is 17.2. The van der Waals surface area contributed by atoms with Crippen LogP contribution < -0.4 is 10.5 Å². The van der Waals surface area contributed by atoms with Gasteiger partial charge in [-0.05, 0) is 38.0 Å². The highest BCUT2D eigenvalue weighted by atomic mass is 79.9. The Morgan fingerprint density at radius 3 is 2.78 bits per heavy atom. The minimum absolute atomic E-state index is 0. The van der Waals surface area contributed by atoms with E-state index in [2.05, 4.69) is 15.9 Å². The van der Waals surface area contributed by atoms with Crippen molar-refractivity contribution in [3.05, 3.63) is 28.2 Å². The number of hydrogen-bond donors (Lipinski definition) is 2. The lowest BCUT2D eigenvalue weighted by molar-refractivity contribution is 0.0692. The van der Waals surface area contributed by atoms with Crippen LogP contribution in [0.1, 0.15) is 30.1 Å². The molecular formula is C12H17BrClNO3. The summed E-state index contributed by atoms with van der Waals surface area (Å²) in [4.78, 5) is 11.0. The molecule has 0 saturated carbocycles. The third-order valence-corrected chi connectivity index (χ3v) is 2.73. The molecule has 18 heavy (non-hydrogen) atoms. The summed E-state index contributed by atoms with van der Waals surface area (Å²) in [5.41, 5.74) is 5.79. The van der Waals surface area contributed by atoms with E-state index in [1.165, 1.54) is 6.07 Å². The van der Waals surface area contributed by atoms with Crippen molar-refractivity contribution in [1.82, 2.24) is 0 Å². The first-order chi connectivity index (χ1) is 8.00. The van der Waals surface area contributed by atoms with Crippen LogP contribution in [-0.2, 0) is 0 Å². The molecule has 0 aliphatic rings. The van der Waals surface area contributed by atoms with Crippen LogP contribution in [0.5, 0.6) is 5.75 Å². The molecule has 1 aromatic rings. The predicted molar refractivity (Wildman–Crippen MR) is 76.7 cm³/mol. The monoisotopic (exact) mass is 337 g/mol. The predicted octanol–water partition coefficient (Wildman–Crippen LogP) is 3.08. The zero-order valence-corrected chi connectivity index (χ0v) is 12.5. The Bertz CT molecular complexity index is 399. The van der Waals surface area contributed by atoms with E-state index < -0.39 is 5.97 Å². The molecule has 1 atom stereocenters. The highest BCUT2D eigenvalue weighted by molar-refractivity contribution is 9.10. The van der Waals surface area contributed by atoms with Crippen molar-refractivity contribution in [3.63, 3.8) is 0 Å². The van der Waals surface area contributed by atoms with E-state index in [-0.39, 0.29) is 24.0 Å². The van der Waals surface area contributed by atoms with Crippen LogP contribution in [0.2, 0.25) is 0 Å². The molecule has 1 rings (SSSR count). The average molecular weight is 339 g/mol. The minimum atomic E-state index is -0.986. The van der Waals surface area contributed by atoms with Crippen LogP contribution in [0, 0.1) is 0 Å². The van der Waals surface area contributed by atoms with Gasteiger partial charge in [-0.3, -0.25) is 0 Å². The van der Waals surface area contributed by atoms with Gasteiger partial charge in [-0.25, -0.2) is 4.79 Å². The summed E-state index contributed by atoms with van der Waals surface area (Å²) in [6.07, 6.45) is 1.67. The molecule has 0 heterocycles. The summed E-state index contributed by atoms with van der Waals surface area (Å²) in [6, 6.07) is 5.00. The molecule has 0 radical (unpaired) electrons. The zero-order valence-electron chi connectivity index (χ0n) is 10.1. The number of carboxylic acid groups (broad SMARTS) is 1. The number of hydrogen-bond acceptors (Lipinski definition) is 3. The molecule has 1 aromatic carbocycles. The number of nitrogens with two attached hydrogens (primary N) is 1. The second kappa shape index (κ2) is 8.34. The van der Waals surface area contributed by atoms with Gasteiger partial charge in [-0.15, -0.1) is 12.4 Å². The lowest BCUT2D eigenvalue weighted by Crippen LogP contribution is -2.15. The fraction of sp³-hybridized carbons (Fsp3) is 0.417. The van der Waals surface area contributed by atoms with Crippen molar-refractivity contribution in [3.8, 4) is 5.75 Å². The molecule has 6 heteroatoms. The molecular weight excluding hydrogens is 321 g/mol. The number of halogens is 2. The van der Waals surface area contributed by atoms with Gasteiger partial charge in [0, 0.05) is 10.5 Å². The maximum absolute atomic E-state index is 11.0. The van der Waals surface area contributed by atoms with Crippen LogP contribution in [0.3, 0.4) is 0 Å². The molecule has 0 fully saturated rings. The second-order valence-corrected chi connectivity index (χ2v) is 4.83. The smallest absolute Gasteiger partial charge is 0.339 e. The molecule has 0 amide bonds. The Morgan fingerprint density at radius 1 is 1.56 bits per heavy atom. The Balaban J connectivity index is 0.00000289. The Morgan fingerprint density at radius 2 is 2.22 bits per heavy atom. The van der Waals surface area contributed by atoms with Crippen molar-refractivity contribution in [2.24, 2.45) is 5.73 Å². The van der Waals surface area contributed by atoms with E-state index in [9.17, 15) is 4.79 Å². The summed E-state index contributed by atoms with van der Waals surface area (Å²) < 4.78 is 6.26. The molecule has 102 valence electrons. The number of benzene rings is 1. The van der Waals surface area contributed by atoms with Gasteiger partial charge in [-0.1, -0.05) is 15.9 Å².